The van der Waals surface area contributed by atoms with Crippen molar-refractivity contribution in [2.24, 2.45) is 0 Å². The number of aryl methyl sites for hydroxylation is 2. The van der Waals surface area contributed by atoms with Gasteiger partial charge in [-0.05, 0) is 149 Å². The summed E-state index contributed by atoms with van der Waals surface area (Å²) in [6, 6.07) is 21.6. The summed E-state index contributed by atoms with van der Waals surface area (Å²) in [4.78, 5) is 18.9. The number of carbonyl (C=O) groups excluding carboxylic acids is 1. The Morgan fingerprint density at radius 1 is 0.650 bits per heavy atom. The fraction of sp³-hybridized carbons (Fsp3) is 0.449. The summed E-state index contributed by atoms with van der Waals surface area (Å²) in [6.07, 6.45) is 5.74. The second-order valence-electron chi connectivity index (χ2n) is 17.1. The van der Waals surface area contributed by atoms with E-state index in [1.54, 1.807) is 12.1 Å². The van der Waals surface area contributed by atoms with Crippen molar-refractivity contribution in [3.63, 3.8) is 0 Å². The summed E-state index contributed by atoms with van der Waals surface area (Å²) in [5.74, 6) is 1.14. The largest absolute Gasteiger partial charge is 0.494 e. The number of nitrogens with zero attached hydrogens (tertiary/aromatic N) is 4. The lowest BCUT2D eigenvalue weighted by atomic mass is 9.85. The van der Waals surface area contributed by atoms with Crippen LogP contribution in [0.4, 0.5) is 8.78 Å². The molecule has 0 saturated carbocycles. The lowest BCUT2D eigenvalue weighted by Gasteiger charge is -2.31. The molecule has 4 heterocycles. The molecule has 0 spiro atoms. The highest BCUT2D eigenvalue weighted by Crippen LogP contribution is 2.35. The lowest BCUT2D eigenvalue weighted by Crippen LogP contribution is -2.34. The van der Waals surface area contributed by atoms with Crippen molar-refractivity contribution in [3.05, 3.63) is 118 Å². The summed E-state index contributed by atoms with van der Waals surface area (Å²) in [5, 5.41) is 10.4. The molecule has 11 heteroatoms. The summed E-state index contributed by atoms with van der Waals surface area (Å²) >= 11 is 0. The molecule has 0 aliphatic carbocycles. The topological polar surface area (TPSA) is 94.1 Å². The zero-order valence-electron chi connectivity index (χ0n) is 35.2. The van der Waals surface area contributed by atoms with E-state index in [-0.39, 0.29) is 29.3 Å². The number of hydrogen-bond donors (Lipinski definition) is 0. The molecule has 0 bridgehead atoms. The molecule has 2 aliphatic heterocycles. The van der Waals surface area contributed by atoms with Gasteiger partial charge in [0, 0.05) is 59.7 Å². The Bertz CT molecular complexity index is 2250. The quantitative estimate of drug-likeness (QED) is 0.0885. The number of hydrogen-bond acceptors (Lipinski definition) is 9. The molecule has 9 nitrogen and oxygen atoms in total. The van der Waals surface area contributed by atoms with Crippen molar-refractivity contribution < 1.29 is 32.1 Å². The van der Waals surface area contributed by atoms with E-state index >= 15 is 0 Å². The van der Waals surface area contributed by atoms with Crippen molar-refractivity contribution in [1.29, 1.82) is 0 Å². The zero-order chi connectivity index (χ0) is 41.8. The summed E-state index contributed by atoms with van der Waals surface area (Å²) in [5.41, 5.74) is 6.96. The Hall–Kier alpha value is -5.13. The number of ether oxygens (including phenoxy) is 2. The van der Waals surface area contributed by atoms with Gasteiger partial charge in [-0.15, -0.1) is 0 Å². The predicted octanol–water partition coefficient (Wildman–Crippen LogP) is 10.6. The number of rotatable bonds is 16. The van der Waals surface area contributed by atoms with E-state index < -0.39 is 0 Å². The molecule has 2 saturated heterocycles. The minimum atomic E-state index is -0.311. The number of fused-ring (bicyclic) bond motifs is 2. The van der Waals surface area contributed by atoms with Gasteiger partial charge < -0.3 is 28.3 Å². The van der Waals surface area contributed by atoms with Crippen LogP contribution in [0.5, 0.6) is 11.5 Å². The molecule has 60 heavy (non-hydrogen) atoms. The maximum atomic E-state index is 14.0. The van der Waals surface area contributed by atoms with E-state index in [9.17, 15) is 13.6 Å². The molecule has 2 aliphatic rings. The van der Waals surface area contributed by atoms with Gasteiger partial charge in [0.05, 0.1) is 24.6 Å². The van der Waals surface area contributed by atoms with E-state index in [2.05, 4.69) is 32.2 Å². The van der Waals surface area contributed by atoms with Crippen LogP contribution in [0.15, 0.2) is 81.8 Å². The highest BCUT2D eigenvalue weighted by atomic mass is 19.1. The molecule has 8 rings (SSSR count). The lowest BCUT2D eigenvalue weighted by molar-refractivity contribution is -0.121. The maximum absolute atomic E-state index is 14.0. The smallest absolute Gasteiger partial charge is 0.170 e. The number of likely N-dealkylation sites (tertiary alicyclic amines) is 2. The first-order chi connectivity index (χ1) is 29.1. The molecule has 0 radical (unpaired) electrons. The van der Waals surface area contributed by atoms with E-state index in [1.165, 1.54) is 24.3 Å². The molecular weight excluding hydrogens is 763 g/mol. The first-order valence-electron chi connectivity index (χ1n) is 21.6. The van der Waals surface area contributed by atoms with Gasteiger partial charge in [0.25, 0.3) is 0 Å². The zero-order valence-corrected chi connectivity index (χ0v) is 35.2. The van der Waals surface area contributed by atoms with Crippen LogP contribution in [0, 0.1) is 25.5 Å². The molecular formula is C49H56F2N4O5. The number of aromatic nitrogens is 2. The number of carbonyl (C=O) groups is 1. The number of halogens is 2. The van der Waals surface area contributed by atoms with Crippen LogP contribution in [-0.2, 0) is 4.79 Å². The maximum Gasteiger partial charge on any atom is 0.170 e. The number of Topliss-reactive ketones (excluding diaryl/α,β-unsaturated/α-hetero) is 1. The van der Waals surface area contributed by atoms with Crippen molar-refractivity contribution in [2.75, 3.05) is 52.5 Å². The van der Waals surface area contributed by atoms with Crippen LogP contribution in [0.2, 0.25) is 0 Å². The minimum Gasteiger partial charge on any atom is -0.494 e. The van der Waals surface area contributed by atoms with Crippen molar-refractivity contribution in [3.8, 4) is 11.5 Å². The fourth-order valence-electron chi connectivity index (χ4n) is 9.19. The van der Waals surface area contributed by atoms with Gasteiger partial charge in [0.1, 0.15) is 28.9 Å². The summed E-state index contributed by atoms with van der Waals surface area (Å²) in [7, 11) is 0. The second kappa shape index (κ2) is 18.6. The highest BCUT2D eigenvalue weighted by Gasteiger charge is 2.28. The Balaban J connectivity index is 0.770. The molecule has 2 atom stereocenters. The SMILES string of the molecule is Cc1cc(OCCCN2CCC(c3noc4cc(F)ccc34)CC2)cc(C(C)C(=O)C(C)c2cc(C)cc(OCCCN3CCC(c4noc5cc(F)ccc45)CC3)c2)c1. The van der Waals surface area contributed by atoms with Gasteiger partial charge in [0.15, 0.2) is 11.2 Å². The van der Waals surface area contributed by atoms with E-state index in [1.807, 2.05) is 52.0 Å². The van der Waals surface area contributed by atoms with Crippen LogP contribution in [0.3, 0.4) is 0 Å². The van der Waals surface area contributed by atoms with Crippen LogP contribution < -0.4 is 9.47 Å². The van der Waals surface area contributed by atoms with Crippen LogP contribution in [-0.4, -0.2) is 78.4 Å². The standard InChI is InChI=1S/C49H56F2N4O5/c1-31-23-37(27-41(25-31)57-21-5-15-54-17-11-35(12-18-54)47-43-9-7-39(50)29-45(43)59-52-47)33(3)49(56)34(4)38-24-32(2)26-42(28-38)58-22-6-16-55-19-13-36(14-20-55)48-44-10-8-40(51)30-46(44)60-53-48/h7-10,23-30,33-36H,5-6,11-22H2,1-4H3. The fourth-order valence-corrected chi connectivity index (χ4v) is 9.19. The molecule has 4 aromatic carbocycles. The number of benzene rings is 4. The van der Waals surface area contributed by atoms with Crippen molar-refractivity contribution in [1.82, 2.24) is 20.1 Å². The van der Waals surface area contributed by atoms with E-state index in [4.69, 9.17) is 18.5 Å². The van der Waals surface area contributed by atoms with E-state index in [0.29, 0.717) is 36.2 Å². The summed E-state index contributed by atoms with van der Waals surface area (Å²) in [6.45, 7) is 15.0. The first kappa shape index (κ1) is 41.6. The molecule has 6 aromatic rings. The first-order valence-corrected chi connectivity index (χ1v) is 21.6. The Kier molecular flexibility index (Phi) is 12.9. The average molecular weight is 819 g/mol. The Morgan fingerprint density at radius 3 is 1.48 bits per heavy atom. The molecule has 0 N–H and O–H groups in total. The average Bonchev–Trinajstić information content (AvgIpc) is 3.87. The minimum absolute atomic E-state index is 0.159. The van der Waals surface area contributed by atoms with Gasteiger partial charge >= 0.3 is 0 Å². The van der Waals surface area contributed by atoms with Gasteiger partial charge in [0.2, 0.25) is 0 Å². The van der Waals surface area contributed by atoms with Crippen LogP contribution in [0.25, 0.3) is 21.9 Å². The van der Waals surface area contributed by atoms with Gasteiger partial charge in [-0.3, -0.25) is 4.79 Å². The number of ketones is 1. The van der Waals surface area contributed by atoms with E-state index in [0.717, 1.165) is 134 Å². The van der Waals surface area contributed by atoms with Crippen LogP contribution in [0.1, 0.15) is 110 Å². The summed E-state index contributed by atoms with van der Waals surface area (Å²) < 4.78 is 50.6. The van der Waals surface area contributed by atoms with Crippen LogP contribution >= 0.6 is 0 Å². The molecule has 0 amide bonds. The number of piperidine rings is 2. The highest BCUT2D eigenvalue weighted by molar-refractivity contribution is 5.91. The van der Waals surface area contributed by atoms with Gasteiger partial charge in [-0.2, -0.15) is 0 Å². The molecule has 2 aromatic heterocycles. The Labute approximate surface area is 351 Å². The third kappa shape index (κ3) is 9.74. The normalized spacial score (nSPS) is 17.0. The molecule has 316 valence electrons. The van der Waals surface area contributed by atoms with Gasteiger partial charge in [-0.1, -0.05) is 36.3 Å². The molecule has 2 unspecified atom stereocenters. The Morgan fingerprint density at radius 2 is 1.07 bits per heavy atom. The van der Waals surface area contributed by atoms with Gasteiger partial charge in [-0.25, -0.2) is 8.78 Å². The van der Waals surface area contributed by atoms with Crippen molar-refractivity contribution >= 4 is 27.7 Å². The third-order valence-electron chi connectivity index (χ3n) is 12.6. The van der Waals surface area contributed by atoms with Crippen molar-refractivity contribution in [2.45, 2.75) is 89.9 Å². The monoisotopic (exact) mass is 818 g/mol. The predicted molar refractivity (Wildman–Crippen MR) is 229 cm³/mol. The third-order valence-corrected chi connectivity index (χ3v) is 12.6. The molecule has 2 fully saturated rings. The second-order valence-corrected chi connectivity index (χ2v) is 17.1.